The fourth-order valence-corrected chi connectivity index (χ4v) is 3.62. The SMILES string of the molecule is Cc1csc(CCc2cc(Nc3ccnc(NCc4cc(C)no4)n3)n[nH]2)c1. The number of aryl methyl sites for hydroxylation is 4. The third kappa shape index (κ3) is 4.74. The number of aromatic nitrogens is 5. The Hall–Kier alpha value is -3.20. The van der Waals surface area contributed by atoms with Crippen LogP contribution >= 0.6 is 11.3 Å². The number of nitrogens with one attached hydrogen (secondary N) is 3. The second-order valence-electron chi connectivity index (χ2n) is 6.55. The molecule has 0 saturated heterocycles. The van der Waals surface area contributed by atoms with E-state index >= 15 is 0 Å². The zero-order valence-electron chi connectivity index (χ0n) is 15.7. The van der Waals surface area contributed by atoms with Gasteiger partial charge in [0.1, 0.15) is 5.82 Å². The van der Waals surface area contributed by atoms with Gasteiger partial charge >= 0.3 is 0 Å². The maximum absolute atomic E-state index is 5.17. The number of nitrogens with zero attached hydrogens (tertiary/aromatic N) is 4. The van der Waals surface area contributed by atoms with E-state index in [0.717, 1.165) is 35.8 Å². The van der Waals surface area contributed by atoms with Gasteiger partial charge in [0.15, 0.2) is 11.6 Å². The van der Waals surface area contributed by atoms with E-state index in [2.05, 4.69) is 54.3 Å². The first kappa shape index (κ1) is 18.2. The van der Waals surface area contributed by atoms with Gasteiger partial charge in [-0.05, 0) is 49.8 Å². The normalized spacial score (nSPS) is 10.9. The molecule has 28 heavy (non-hydrogen) atoms. The molecule has 0 bridgehead atoms. The van der Waals surface area contributed by atoms with Crippen LogP contribution < -0.4 is 10.6 Å². The van der Waals surface area contributed by atoms with E-state index in [1.165, 1.54) is 10.4 Å². The summed E-state index contributed by atoms with van der Waals surface area (Å²) in [6.07, 6.45) is 3.61. The maximum atomic E-state index is 5.17. The molecule has 8 nitrogen and oxygen atoms in total. The van der Waals surface area contributed by atoms with Crippen molar-refractivity contribution in [1.82, 2.24) is 25.3 Å². The number of aromatic amines is 1. The van der Waals surface area contributed by atoms with Crippen LogP contribution in [0.1, 0.15) is 27.6 Å². The number of H-pyrrole nitrogens is 1. The third-order valence-corrected chi connectivity index (χ3v) is 5.18. The molecule has 0 aliphatic rings. The number of hydrogen-bond acceptors (Lipinski definition) is 8. The van der Waals surface area contributed by atoms with E-state index in [9.17, 15) is 0 Å². The molecule has 0 fully saturated rings. The Morgan fingerprint density at radius 3 is 2.86 bits per heavy atom. The van der Waals surface area contributed by atoms with E-state index in [0.29, 0.717) is 18.3 Å². The molecule has 4 rings (SSSR count). The Morgan fingerprint density at radius 1 is 1.14 bits per heavy atom. The summed E-state index contributed by atoms with van der Waals surface area (Å²) in [5, 5.41) is 19.8. The van der Waals surface area contributed by atoms with Crippen molar-refractivity contribution >= 4 is 28.9 Å². The molecule has 0 radical (unpaired) electrons. The van der Waals surface area contributed by atoms with Crippen molar-refractivity contribution in [3.05, 3.63) is 63.4 Å². The minimum Gasteiger partial charge on any atom is -0.359 e. The topological polar surface area (TPSA) is 105 Å². The Balaban J connectivity index is 1.33. The number of thiophene rings is 1. The van der Waals surface area contributed by atoms with Crippen molar-refractivity contribution in [1.29, 1.82) is 0 Å². The highest BCUT2D eigenvalue weighted by Gasteiger charge is 2.06. The fourth-order valence-electron chi connectivity index (χ4n) is 2.74. The summed E-state index contributed by atoms with van der Waals surface area (Å²) in [4.78, 5) is 10.1. The number of anilines is 3. The van der Waals surface area contributed by atoms with E-state index in [1.807, 2.05) is 19.1 Å². The van der Waals surface area contributed by atoms with E-state index in [4.69, 9.17) is 4.52 Å². The first-order chi connectivity index (χ1) is 13.6. The van der Waals surface area contributed by atoms with Crippen LogP contribution in [-0.4, -0.2) is 25.3 Å². The molecular weight excluding hydrogens is 374 g/mol. The third-order valence-electron chi connectivity index (χ3n) is 4.07. The van der Waals surface area contributed by atoms with Crippen LogP contribution in [0.15, 0.2) is 40.4 Å². The Kier molecular flexibility index (Phi) is 5.34. The lowest BCUT2D eigenvalue weighted by Crippen LogP contribution is -2.04. The quantitative estimate of drug-likeness (QED) is 0.414. The zero-order valence-corrected chi connectivity index (χ0v) is 16.5. The number of rotatable bonds is 8. The molecule has 4 aromatic heterocycles. The summed E-state index contributed by atoms with van der Waals surface area (Å²) in [6.45, 7) is 4.47. The first-order valence-electron chi connectivity index (χ1n) is 8.98. The Bertz CT molecular complexity index is 1050. The number of hydrogen-bond donors (Lipinski definition) is 3. The molecule has 0 saturated carbocycles. The Labute approximate surface area is 166 Å². The van der Waals surface area contributed by atoms with E-state index < -0.39 is 0 Å². The van der Waals surface area contributed by atoms with Gasteiger partial charge in [0.2, 0.25) is 5.95 Å². The lowest BCUT2D eigenvalue weighted by molar-refractivity contribution is 0.384. The van der Waals surface area contributed by atoms with Crippen molar-refractivity contribution in [3.63, 3.8) is 0 Å². The predicted octanol–water partition coefficient (Wildman–Crippen LogP) is 4.01. The van der Waals surface area contributed by atoms with Crippen molar-refractivity contribution in [2.45, 2.75) is 33.2 Å². The molecule has 0 unspecified atom stereocenters. The maximum Gasteiger partial charge on any atom is 0.224 e. The molecule has 0 spiro atoms. The van der Waals surface area contributed by atoms with Crippen LogP contribution in [0, 0.1) is 13.8 Å². The molecule has 144 valence electrons. The highest BCUT2D eigenvalue weighted by Crippen LogP contribution is 2.18. The van der Waals surface area contributed by atoms with Crippen molar-refractivity contribution in [2.24, 2.45) is 0 Å². The van der Waals surface area contributed by atoms with Gasteiger partial charge in [0.05, 0.1) is 12.2 Å². The molecular formula is C19H21N7OS. The smallest absolute Gasteiger partial charge is 0.224 e. The lowest BCUT2D eigenvalue weighted by atomic mass is 10.2. The van der Waals surface area contributed by atoms with Gasteiger partial charge in [-0.2, -0.15) is 10.1 Å². The largest absolute Gasteiger partial charge is 0.359 e. The van der Waals surface area contributed by atoms with Crippen LogP contribution in [0.3, 0.4) is 0 Å². The average molecular weight is 395 g/mol. The minimum absolute atomic E-state index is 0.471. The highest BCUT2D eigenvalue weighted by molar-refractivity contribution is 7.10. The molecule has 0 aliphatic heterocycles. The van der Waals surface area contributed by atoms with Gasteiger partial charge in [-0.15, -0.1) is 11.3 Å². The summed E-state index contributed by atoms with van der Waals surface area (Å²) < 4.78 is 5.17. The van der Waals surface area contributed by atoms with Crippen molar-refractivity contribution < 1.29 is 4.52 Å². The monoisotopic (exact) mass is 395 g/mol. The molecule has 0 aromatic carbocycles. The molecule has 0 amide bonds. The van der Waals surface area contributed by atoms with Crippen LogP contribution in [0.4, 0.5) is 17.6 Å². The van der Waals surface area contributed by atoms with E-state index in [1.54, 1.807) is 23.6 Å². The van der Waals surface area contributed by atoms with Gasteiger partial charge in [0, 0.05) is 28.9 Å². The Morgan fingerprint density at radius 2 is 2.07 bits per heavy atom. The van der Waals surface area contributed by atoms with E-state index in [-0.39, 0.29) is 0 Å². The van der Waals surface area contributed by atoms with Crippen LogP contribution in [0.2, 0.25) is 0 Å². The minimum atomic E-state index is 0.471. The summed E-state index contributed by atoms with van der Waals surface area (Å²) >= 11 is 1.80. The summed E-state index contributed by atoms with van der Waals surface area (Å²) in [5.74, 6) is 2.63. The van der Waals surface area contributed by atoms with Gasteiger partial charge in [0.25, 0.3) is 0 Å². The summed E-state index contributed by atoms with van der Waals surface area (Å²) in [6, 6.07) is 7.91. The second-order valence-corrected chi connectivity index (χ2v) is 7.54. The van der Waals surface area contributed by atoms with Gasteiger partial charge in [-0.25, -0.2) is 4.98 Å². The summed E-state index contributed by atoms with van der Waals surface area (Å²) in [7, 11) is 0. The van der Waals surface area contributed by atoms with Crippen molar-refractivity contribution in [2.75, 3.05) is 10.6 Å². The predicted molar refractivity (Wildman–Crippen MR) is 109 cm³/mol. The molecule has 4 heterocycles. The molecule has 0 aliphatic carbocycles. The van der Waals surface area contributed by atoms with Crippen LogP contribution in [-0.2, 0) is 19.4 Å². The van der Waals surface area contributed by atoms with Crippen molar-refractivity contribution in [3.8, 4) is 0 Å². The zero-order chi connectivity index (χ0) is 19.3. The van der Waals surface area contributed by atoms with Gasteiger partial charge < -0.3 is 15.2 Å². The summed E-state index contributed by atoms with van der Waals surface area (Å²) in [5.41, 5.74) is 3.25. The lowest BCUT2D eigenvalue weighted by Gasteiger charge is -2.05. The molecule has 9 heteroatoms. The van der Waals surface area contributed by atoms with Gasteiger partial charge in [-0.3, -0.25) is 5.10 Å². The second kappa shape index (κ2) is 8.22. The standard InChI is InChI=1S/C19H21N7OS/c1-12-7-16(28-11-12)4-3-14-9-18(25-24-14)22-17-5-6-20-19(23-17)21-10-15-8-13(2)26-27-15/h5-9,11H,3-4,10H2,1-2H3,(H3,20,21,22,23,24,25). The molecule has 0 atom stereocenters. The van der Waals surface area contributed by atoms with Crippen LogP contribution in [0.5, 0.6) is 0 Å². The first-order valence-corrected chi connectivity index (χ1v) is 9.86. The highest BCUT2D eigenvalue weighted by atomic mass is 32.1. The average Bonchev–Trinajstić information content (AvgIpc) is 3.41. The van der Waals surface area contributed by atoms with Crippen LogP contribution in [0.25, 0.3) is 0 Å². The fraction of sp³-hybridized carbons (Fsp3) is 0.263. The van der Waals surface area contributed by atoms with Gasteiger partial charge in [-0.1, -0.05) is 5.16 Å². The molecule has 3 N–H and O–H groups in total. The molecule has 4 aromatic rings.